The maximum Gasteiger partial charge on any atom is 0.240 e. The third-order valence-electron chi connectivity index (χ3n) is 3.37. The highest BCUT2D eigenvalue weighted by Gasteiger charge is 2.23. The van der Waals surface area contributed by atoms with Crippen LogP contribution in [0.15, 0.2) is 17.0 Å². The minimum atomic E-state index is -3.64. The lowest BCUT2D eigenvalue weighted by molar-refractivity contribution is 0.282. The summed E-state index contributed by atoms with van der Waals surface area (Å²) in [5, 5.41) is 9.03. The number of rotatable bonds is 6. The second kappa shape index (κ2) is 6.80. The molecule has 1 rings (SSSR count). The molecule has 0 aliphatic heterocycles. The van der Waals surface area contributed by atoms with E-state index in [1.165, 1.54) is 17.8 Å². The molecule has 0 saturated heterocycles. The van der Waals surface area contributed by atoms with E-state index in [9.17, 15) is 13.5 Å². The SMILES string of the molecule is CSC(CO)C(C)NS(=O)(=O)c1cc(C)c(C)c(N)c1. The summed E-state index contributed by atoms with van der Waals surface area (Å²) in [6.07, 6.45) is 1.83. The third-order valence-corrected chi connectivity index (χ3v) is 6.07. The standard InChI is InChI=1S/C13H22N2O3S2/c1-8-5-11(6-12(14)9(8)2)20(17,18)15-10(3)13(7-16)19-4/h5-6,10,13,15-16H,7,14H2,1-4H3. The lowest BCUT2D eigenvalue weighted by Crippen LogP contribution is -2.41. The molecule has 7 heteroatoms. The summed E-state index contributed by atoms with van der Waals surface area (Å²) in [5.74, 6) is 0. The smallest absolute Gasteiger partial charge is 0.240 e. The summed E-state index contributed by atoms with van der Waals surface area (Å²) in [7, 11) is -3.64. The van der Waals surface area contributed by atoms with Crippen molar-refractivity contribution in [1.82, 2.24) is 4.72 Å². The second-order valence-corrected chi connectivity index (χ2v) is 7.61. The molecule has 0 amide bonds. The zero-order valence-electron chi connectivity index (χ0n) is 12.2. The van der Waals surface area contributed by atoms with Crippen molar-refractivity contribution in [2.75, 3.05) is 18.6 Å². The van der Waals surface area contributed by atoms with Gasteiger partial charge in [0, 0.05) is 17.0 Å². The largest absolute Gasteiger partial charge is 0.398 e. The molecule has 0 saturated carbocycles. The minimum Gasteiger partial charge on any atom is -0.398 e. The number of thioether (sulfide) groups is 1. The van der Waals surface area contributed by atoms with Gasteiger partial charge in [0.25, 0.3) is 0 Å². The number of anilines is 1. The van der Waals surface area contributed by atoms with E-state index in [0.29, 0.717) is 5.69 Å². The fraction of sp³-hybridized carbons (Fsp3) is 0.538. The van der Waals surface area contributed by atoms with E-state index >= 15 is 0 Å². The molecule has 5 nitrogen and oxygen atoms in total. The Morgan fingerprint density at radius 1 is 1.40 bits per heavy atom. The summed E-state index contributed by atoms with van der Waals surface area (Å²) >= 11 is 1.42. The van der Waals surface area contributed by atoms with Gasteiger partial charge in [-0.1, -0.05) is 0 Å². The Morgan fingerprint density at radius 3 is 2.45 bits per heavy atom. The van der Waals surface area contributed by atoms with Crippen LogP contribution in [-0.4, -0.2) is 37.7 Å². The molecule has 0 bridgehead atoms. The lowest BCUT2D eigenvalue weighted by atomic mass is 10.1. The first-order valence-corrected chi connectivity index (χ1v) is 9.02. The lowest BCUT2D eigenvalue weighted by Gasteiger charge is -2.21. The molecule has 1 aromatic carbocycles. The van der Waals surface area contributed by atoms with E-state index in [1.54, 1.807) is 13.0 Å². The van der Waals surface area contributed by atoms with Crippen LogP contribution in [0.2, 0.25) is 0 Å². The van der Waals surface area contributed by atoms with Crippen molar-refractivity contribution < 1.29 is 13.5 Å². The first kappa shape index (κ1) is 17.3. The highest BCUT2D eigenvalue weighted by Crippen LogP contribution is 2.22. The fourth-order valence-corrected chi connectivity index (χ4v) is 3.95. The predicted octanol–water partition coefficient (Wildman–Crippen LogP) is 1.28. The summed E-state index contributed by atoms with van der Waals surface area (Å²) in [6.45, 7) is 5.33. The first-order chi connectivity index (χ1) is 9.22. The number of aryl methyl sites for hydroxylation is 1. The summed E-state index contributed by atoms with van der Waals surface area (Å²) in [4.78, 5) is 0.155. The number of nitrogens with one attached hydrogen (secondary N) is 1. The highest BCUT2D eigenvalue weighted by atomic mass is 32.2. The van der Waals surface area contributed by atoms with Crippen LogP contribution in [0.1, 0.15) is 18.1 Å². The zero-order valence-corrected chi connectivity index (χ0v) is 13.8. The molecule has 4 N–H and O–H groups in total. The monoisotopic (exact) mass is 318 g/mol. The molecule has 2 unspecified atom stereocenters. The maximum atomic E-state index is 12.3. The van der Waals surface area contributed by atoms with Gasteiger partial charge in [-0.3, -0.25) is 0 Å². The summed E-state index contributed by atoms with van der Waals surface area (Å²) < 4.78 is 27.3. The molecule has 0 spiro atoms. The topological polar surface area (TPSA) is 92.4 Å². The van der Waals surface area contributed by atoms with Crippen molar-refractivity contribution in [2.45, 2.75) is 37.0 Å². The van der Waals surface area contributed by atoms with Gasteiger partial charge in [-0.2, -0.15) is 11.8 Å². The average molecular weight is 318 g/mol. The van der Waals surface area contributed by atoms with E-state index in [2.05, 4.69) is 4.72 Å². The minimum absolute atomic E-state index is 0.0834. The number of sulfonamides is 1. The molecule has 0 fully saturated rings. The van der Waals surface area contributed by atoms with Crippen LogP contribution in [0.25, 0.3) is 0 Å². The molecule has 20 heavy (non-hydrogen) atoms. The fourth-order valence-electron chi connectivity index (χ4n) is 1.83. The van der Waals surface area contributed by atoms with E-state index in [0.717, 1.165) is 11.1 Å². The van der Waals surface area contributed by atoms with Crippen molar-refractivity contribution in [2.24, 2.45) is 0 Å². The van der Waals surface area contributed by atoms with Gasteiger partial charge in [-0.05, 0) is 50.3 Å². The Labute approximate surface area is 125 Å². The molecular weight excluding hydrogens is 296 g/mol. The molecule has 0 aliphatic rings. The first-order valence-electron chi connectivity index (χ1n) is 6.25. The Hall–Kier alpha value is -0.760. The number of aliphatic hydroxyl groups excluding tert-OH is 1. The second-order valence-electron chi connectivity index (χ2n) is 4.82. The van der Waals surface area contributed by atoms with Gasteiger partial charge in [0.2, 0.25) is 10.0 Å². The molecule has 1 aromatic rings. The number of hydrogen-bond acceptors (Lipinski definition) is 5. The Morgan fingerprint density at radius 2 is 2.00 bits per heavy atom. The number of nitrogen functional groups attached to an aromatic ring is 1. The number of nitrogens with two attached hydrogens (primary N) is 1. The number of hydrogen-bond donors (Lipinski definition) is 3. The van der Waals surface area contributed by atoms with E-state index < -0.39 is 10.0 Å². The van der Waals surface area contributed by atoms with Gasteiger partial charge in [-0.15, -0.1) is 0 Å². The van der Waals surface area contributed by atoms with E-state index in [-0.39, 0.29) is 22.8 Å². The van der Waals surface area contributed by atoms with Crippen LogP contribution in [0.4, 0.5) is 5.69 Å². The zero-order chi connectivity index (χ0) is 15.5. The number of benzene rings is 1. The summed E-state index contributed by atoms with van der Waals surface area (Å²) in [5.41, 5.74) is 8.00. The average Bonchev–Trinajstić information content (AvgIpc) is 2.36. The summed E-state index contributed by atoms with van der Waals surface area (Å²) in [6, 6.07) is 2.70. The van der Waals surface area contributed by atoms with Gasteiger partial charge in [0.1, 0.15) is 0 Å². The van der Waals surface area contributed by atoms with Crippen molar-refractivity contribution in [3.05, 3.63) is 23.3 Å². The van der Waals surface area contributed by atoms with Crippen LogP contribution < -0.4 is 10.5 Å². The van der Waals surface area contributed by atoms with Gasteiger partial charge in [-0.25, -0.2) is 13.1 Å². The molecule has 0 heterocycles. The van der Waals surface area contributed by atoms with Crippen molar-refractivity contribution in [3.63, 3.8) is 0 Å². The van der Waals surface area contributed by atoms with Gasteiger partial charge >= 0.3 is 0 Å². The molecule has 114 valence electrons. The van der Waals surface area contributed by atoms with E-state index in [1.807, 2.05) is 20.1 Å². The maximum absolute atomic E-state index is 12.3. The van der Waals surface area contributed by atoms with Gasteiger partial charge < -0.3 is 10.8 Å². The molecule has 0 aliphatic carbocycles. The molecule has 0 aromatic heterocycles. The van der Waals surface area contributed by atoms with Crippen LogP contribution in [0.3, 0.4) is 0 Å². The Kier molecular flexibility index (Phi) is 5.88. The highest BCUT2D eigenvalue weighted by molar-refractivity contribution is 7.99. The van der Waals surface area contributed by atoms with Crippen LogP contribution in [0.5, 0.6) is 0 Å². The molecular formula is C13H22N2O3S2. The van der Waals surface area contributed by atoms with Gasteiger partial charge in [0.15, 0.2) is 0 Å². The predicted molar refractivity (Wildman–Crippen MR) is 84.5 cm³/mol. The van der Waals surface area contributed by atoms with Crippen LogP contribution in [-0.2, 0) is 10.0 Å². The normalized spacial score (nSPS) is 15.1. The van der Waals surface area contributed by atoms with Crippen LogP contribution in [0, 0.1) is 13.8 Å². The quantitative estimate of drug-likeness (QED) is 0.687. The van der Waals surface area contributed by atoms with Gasteiger partial charge in [0.05, 0.1) is 11.5 Å². The van der Waals surface area contributed by atoms with Crippen molar-refractivity contribution in [3.8, 4) is 0 Å². The van der Waals surface area contributed by atoms with Crippen molar-refractivity contribution in [1.29, 1.82) is 0 Å². The van der Waals surface area contributed by atoms with Crippen molar-refractivity contribution >= 4 is 27.5 Å². The molecule has 2 atom stereocenters. The van der Waals surface area contributed by atoms with E-state index in [4.69, 9.17) is 5.73 Å². The Bertz CT molecular complexity index is 546. The third kappa shape index (κ3) is 3.88. The van der Waals surface area contributed by atoms with Crippen LogP contribution >= 0.6 is 11.8 Å². The number of aliphatic hydroxyl groups is 1. The Balaban J connectivity index is 3.06. The molecule has 0 radical (unpaired) electrons.